The van der Waals surface area contributed by atoms with E-state index in [0.29, 0.717) is 46.7 Å². The molecular formula is C27H25N5O3S2. The van der Waals surface area contributed by atoms with Gasteiger partial charge in [0.15, 0.2) is 0 Å². The number of aromatic hydroxyl groups is 1. The van der Waals surface area contributed by atoms with Crippen molar-refractivity contribution in [2.45, 2.75) is 23.8 Å². The Hall–Kier alpha value is -3.76. The zero-order valence-electron chi connectivity index (χ0n) is 20.0. The molecule has 10 heteroatoms. The Morgan fingerprint density at radius 2 is 1.95 bits per heavy atom. The topological polar surface area (TPSA) is 108 Å². The molecule has 5 rings (SSSR count). The molecule has 0 unspecified atom stereocenters. The minimum atomic E-state index is -0.313. The summed E-state index contributed by atoms with van der Waals surface area (Å²) in [7, 11) is 0. The molecule has 1 fully saturated rings. The molecule has 4 aromatic rings. The van der Waals surface area contributed by atoms with Crippen LogP contribution in [0.1, 0.15) is 44.6 Å². The number of phenolic OH excluding ortho intramolecular Hbond substituents is 1. The van der Waals surface area contributed by atoms with Gasteiger partial charge >= 0.3 is 0 Å². The summed E-state index contributed by atoms with van der Waals surface area (Å²) in [5, 5.41) is 17.0. The number of rotatable bonds is 7. The second-order valence-corrected chi connectivity index (χ2v) is 10.5. The third-order valence-electron chi connectivity index (χ3n) is 6.22. The van der Waals surface area contributed by atoms with Crippen LogP contribution in [-0.2, 0) is 0 Å². The Balaban J connectivity index is 1.23. The van der Waals surface area contributed by atoms with Gasteiger partial charge in [0, 0.05) is 47.9 Å². The van der Waals surface area contributed by atoms with E-state index >= 15 is 0 Å². The summed E-state index contributed by atoms with van der Waals surface area (Å²) in [6, 6.07) is 10.3. The zero-order valence-corrected chi connectivity index (χ0v) is 21.6. The van der Waals surface area contributed by atoms with Crippen LogP contribution >= 0.6 is 23.1 Å². The van der Waals surface area contributed by atoms with Gasteiger partial charge in [-0.15, -0.1) is 29.7 Å². The van der Waals surface area contributed by atoms with Gasteiger partial charge in [0.25, 0.3) is 11.8 Å². The summed E-state index contributed by atoms with van der Waals surface area (Å²) in [4.78, 5) is 41.1. The van der Waals surface area contributed by atoms with E-state index in [-0.39, 0.29) is 23.5 Å². The predicted octanol–water partition coefficient (Wildman–Crippen LogP) is 5.34. The summed E-state index contributed by atoms with van der Waals surface area (Å²) < 4.78 is 0. The number of thioether (sulfide) groups is 1. The number of benzene rings is 1. The van der Waals surface area contributed by atoms with Gasteiger partial charge in [-0.25, -0.2) is 9.97 Å². The highest BCUT2D eigenvalue weighted by Crippen LogP contribution is 2.33. The molecule has 1 aromatic carbocycles. The minimum absolute atomic E-state index is 0.00654. The monoisotopic (exact) mass is 531 g/mol. The molecule has 1 aliphatic heterocycles. The van der Waals surface area contributed by atoms with Crippen molar-refractivity contribution < 1.29 is 14.7 Å². The SMILES string of the molecule is C=CCSc1ncccc1C(=O)N1CCC(c2nc(C(=O)Nc3ccc(O)c4ncccc34)cs2)CC1. The lowest BCUT2D eigenvalue weighted by atomic mass is 9.97. The Morgan fingerprint density at radius 3 is 2.76 bits per heavy atom. The van der Waals surface area contributed by atoms with Crippen LogP contribution in [-0.4, -0.2) is 55.6 Å². The van der Waals surface area contributed by atoms with E-state index in [9.17, 15) is 14.7 Å². The van der Waals surface area contributed by atoms with Gasteiger partial charge in [-0.2, -0.15) is 0 Å². The van der Waals surface area contributed by atoms with E-state index in [4.69, 9.17) is 0 Å². The number of hydrogen-bond acceptors (Lipinski definition) is 8. The number of carbonyl (C=O) groups is 2. The Labute approximate surface area is 222 Å². The van der Waals surface area contributed by atoms with Crippen molar-refractivity contribution in [3.05, 3.63) is 83.1 Å². The largest absolute Gasteiger partial charge is 0.506 e. The summed E-state index contributed by atoms with van der Waals surface area (Å²) in [6.45, 7) is 4.99. The number of hydrogen-bond donors (Lipinski definition) is 2. The number of carbonyl (C=O) groups excluding carboxylic acids is 2. The number of anilines is 1. The van der Waals surface area contributed by atoms with Gasteiger partial charge in [0.2, 0.25) is 0 Å². The average Bonchev–Trinajstić information content (AvgIpc) is 3.44. The molecular weight excluding hydrogens is 506 g/mol. The maximum Gasteiger partial charge on any atom is 0.275 e. The van der Waals surface area contributed by atoms with Crippen molar-refractivity contribution in [3.63, 3.8) is 0 Å². The molecule has 0 aliphatic carbocycles. The lowest BCUT2D eigenvalue weighted by Crippen LogP contribution is -2.38. The summed E-state index contributed by atoms with van der Waals surface area (Å²) in [6.07, 6.45) is 6.65. The molecule has 0 radical (unpaired) electrons. The number of aromatic nitrogens is 3. The second-order valence-electron chi connectivity index (χ2n) is 8.58. The number of piperidine rings is 1. The van der Waals surface area contributed by atoms with Gasteiger partial charge in [-0.1, -0.05) is 6.08 Å². The van der Waals surface area contributed by atoms with Crippen LogP contribution < -0.4 is 5.32 Å². The van der Waals surface area contributed by atoms with Gasteiger partial charge in [0.05, 0.1) is 16.3 Å². The van der Waals surface area contributed by atoms with Crippen LogP contribution in [0.5, 0.6) is 5.75 Å². The Morgan fingerprint density at radius 1 is 1.16 bits per heavy atom. The Kier molecular flexibility index (Phi) is 7.47. The number of amides is 2. The number of pyridine rings is 2. The van der Waals surface area contributed by atoms with Crippen molar-refractivity contribution >= 4 is 51.5 Å². The molecule has 2 amide bonds. The first-order valence-electron chi connectivity index (χ1n) is 11.9. The fraction of sp³-hybridized carbons (Fsp3) is 0.222. The zero-order chi connectivity index (χ0) is 25.8. The molecule has 0 spiro atoms. The summed E-state index contributed by atoms with van der Waals surface area (Å²) >= 11 is 2.97. The van der Waals surface area contributed by atoms with Crippen molar-refractivity contribution in [1.82, 2.24) is 19.9 Å². The normalized spacial score (nSPS) is 14.0. The highest BCUT2D eigenvalue weighted by atomic mass is 32.2. The number of nitrogens with one attached hydrogen (secondary N) is 1. The van der Waals surface area contributed by atoms with Crippen molar-refractivity contribution in [3.8, 4) is 5.75 Å². The molecule has 37 heavy (non-hydrogen) atoms. The Bertz CT molecular complexity index is 1460. The third-order valence-corrected chi connectivity index (χ3v) is 8.23. The molecule has 3 aromatic heterocycles. The number of fused-ring (bicyclic) bond motifs is 1. The number of nitrogens with zero attached hydrogens (tertiary/aromatic N) is 4. The van der Waals surface area contributed by atoms with E-state index in [0.717, 1.165) is 22.9 Å². The lowest BCUT2D eigenvalue weighted by Gasteiger charge is -2.31. The number of phenols is 1. The summed E-state index contributed by atoms with van der Waals surface area (Å²) in [5.41, 5.74) is 1.97. The maximum absolute atomic E-state index is 13.2. The molecule has 2 N–H and O–H groups in total. The van der Waals surface area contributed by atoms with E-state index in [1.54, 1.807) is 48.1 Å². The smallest absolute Gasteiger partial charge is 0.275 e. The number of thiazole rings is 1. The van der Waals surface area contributed by atoms with Crippen LogP contribution in [0.3, 0.4) is 0 Å². The fourth-order valence-corrected chi connectivity index (χ4v) is 6.03. The van der Waals surface area contributed by atoms with Crippen LogP contribution in [0, 0.1) is 0 Å². The molecule has 1 aliphatic rings. The van der Waals surface area contributed by atoms with E-state index in [1.165, 1.54) is 29.2 Å². The van der Waals surface area contributed by atoms with Gasteiger partial charge in [-0.05, 0) is 49.2 Å². The molecule has 0 saturated carbocycles. The molecule has 1 saturated heterocycles. The first kappa shape index (κ1) is 24.9. The van der Waals surface area contributed by atoms with Crippen LogP contribution in [0.2, 0.25) is 0 Å². The van der Waals surface area contributed by atoms with E-state index in [1.807, 2.05) is 11.0 Å². The van der Waals surface area contributed by atoms with Crippen molar-refractivity contribution in [1.29, 1.82) is 0 Å². The molecule has 8 nitrogen and oxygen atoms in total. The van der Waals surface area contributed by atoms with Gasteiger partial charge in [0.1, 0.15) is 22.0 Å². The van der Waals surface area contributed by atoms with Gasteiger partial charge < -0.3 is 15.3 Å². The quantitative estimate of drug-likeness (QED) is 0.188. The second kappa shape index (κ2) is 11.1. The van der Waals surface area contributed by atoms with Crippen molar-refractivity contribution in [2.24, 2.45) is 0 Å². The standard InChI is InChI=1S/C27H25N5O3S2/c1-2-15-36-26-19(6-4-12-29-26)27(35)32-13-9-17(10-14-32)25-31-21(16-37-25)24(34)30-20-7-8-22(33)23-18(20)5-3-11-28-23/h2-8,11-12,16-17,33H,1,9-10,13-15H2,(H,30,34). The highest BCUT2D eigenvalue weighted by Gasteiger charge is 2.28. The third kappa shape index (κ3) is 5.35. The van der Waals surface area contributed by atoms with Gasteiger partial charge in [-0.3, -0.25) is 14.6 Å². The molecule has 0 atom stereocenters. The lowest BCUT2D eigenvalue weighted by molar-refractivity contribution is 0.0708. The van der Waals surface area contributed by atoms with E-state index in [2.05, 4.69) is 26.8 Å². The first-order chi connectivity index (χ1) is 18.0. The van der Waals surface area contributed by atoms with E-state index < -0.39 is 0 Å². The van der Waals surface area contributed by atoms with Crippen molar-refractivity contribution in [2.75, 3.05) is 24.2 Å². The average molecular weight is 532 g/mol. The highest BCUT2D eigenvalue weighted by molar-refractivity contribution is 7.99. The summed E-state index contributed by atoms with van der Waals surface area (Å²) in [5.74, 6) is 0.626. The fourth-order valence-electron chi connectivity index (χ4n) is 4.34. The predicted molar refractivity (Wildman–Crippen MR) is 147 cm³/mol. The van der Waals surface area contributed by atoms with Crippen LogP contribution in [0.15, 0.2) is 71.9 Å². The molecule has 4 heterocycles. The maximum atomic E-state index is 13.2. The first-order valence-corrected chi connectivity index (χ1v) is 13.7. The minimum Gasteiger partial charge on any atom is -0.506 e. The molecule has 188 valence electrons. The number of likely N-dealkylation sites (tertiary alicyclic amines) is 1. The van der Waals surface area contributed by atoms with Crippen LogP contribution in [0.4, 0.5) is 5.69 Å². The van der Waals surface area contributed by atoms with Crippen LogP contribution in [0.25, 0.3) is 10.9 Å². The molecule has 0 bridgehead atoms.